The topological polar surface area (TPSA) is 120 Å². The SMILES string of the molecule is Cc1[nH]nc(C(=O)Nc2cnc3[nH]c(-c4ccnc(C(=O)N(C)C)c4)cc3c2)c1C. The lowest BCUT2D eigenvalue weighted by Gasteiger charge is -2.09. The number of carbonyl (C=O) groups excluding carboxylic acids is 2. The highest BCUT2D eigenvalue weighted by molar-refractivity contribution is 6.04. The van der Waals surface area contributed by atoms with Crippen molar-refractivity contribution in [2.24, 2.45) is 0 Å². The molecule has 4 aromatic heterocycles. The number of nitrogens with zero attached hydrogens (tertiary/aromatic N) is 4. The Morgan fingerprint density at radius 2 is 1.90 bits per heavy atom. The minimum atomic E-state index is -0.297. The zero-order valence-electron chi connectivity index (χ0n) is 17.1. The molecule has 0 aliphatic rings. The van der Waals surface area contributed by atoms with Crippen LogP contribution in [-0.2, 0) is 0 Å². The molecule has 2 amide bonds. The molecule has 0 aliphatic heterocycles. The van der Waals surface area contributed by atoms with Gasteiger partial charge in [-0.1, -0.05) is 0 Å². The van der Waals surface area contributed by atoms with Crippen LogP contribution in [0.3, 0.4) is 0 Å². The summed E-state index contributed by atoms with van der Waals surface area (Å²) in [6, 6.07) is 7.31. The zero-order valence-corrected chi connectivity index (χ0v) is 17.1. The molecule has 152 valence electrons. The molecule has 0 bridgehead atoms. The minimum absolute atomic E-state index is 0.167. The molecule has 30 heavy (non-hydrogen) atoms. The van der Waals surface area contributed by atoms with E-state index < -0.39 is 0 Å². The first-order chi connectivity index (χ1) is 14.3. The van der Waals surface area contributed by atoms with E-state index in [1.165, 1.54) is 4.90 Å². The lowest BCUT2D eigenvalue weighted by Crippen LogP contribution is -2.22. The van der Waals surface area contributed by atoms with Gasteiger partial charge in [-0.25, -0.2) is 4.98 Å². The van der Waals surface area contributed by atoms with Gasteiger partial charge in [0.25, 0.3) is 11.8 Å². The molecule has 3 N–H and O–H groups in total. The Balaban J connectivity index is 1.62. The average molecular weight is 403 g/mol. The molecule has 4 aromatic rings. The van der Waals surface area contributed by atoms with Crippen molar-refractivity contribution in [2.75, 3.05) is 19.4 Å². The van der Waals surface area contributed by atoms with E-state index in [1.807, 2.05) is 32.0 Å². The van der Waals surface area contributed by atoms with Crippen molar-refractivity contribution in [2.45, 2.75) is 13.8 Å². The van der Waals surface area contributed by atoms with Gasteiger partial charge in [-0.15, -0.1) is 0 Å². The lowest BCUT2D eigenvalue weighted by molar-refractivity contribution is 0.0821. The summed E-state index contributed by atoms with van der Waals surface area (Å²) in [4.78, 5) is 37.9. The Morgan fingerprint density at radius 3 is 2.60 bits per heavy atom. The van der Waals surface area contributed by atoms with E-state index in [4.69, 9.17) is 0 Å². The van der Waals surface area contributed by atoms with Gasteiger partial charge in [0, 0.05) is 48.2 Å². The molecule has 0 unspecified atom stereocenters. The quantitative estimate of drug-likeness (QED) is 0.484. The van der Waals surface area contributed by atoms with E-state index in [0.29, 0.717) is 22.7 Å². The number of fused-ring (bicyclic) bond motifs is 1. The summed E-state index contributed by atoms with van der Waals surface area (Å²) in [6.45, 7) is 3.71. The molecule has 0 fully saturated rings. The largest absolute Gasteiger partial charge is 0.343 e. The number of amides is 2. The van der Waals surface area contributed by atoms with Crippen molar-refractivity contribution < 1.29 is 9.59 Å². The van der Waals surface area contributed by atoms with Crippen LogP contribution >= 0.6 is 0 Å². The first-order valence-electron chi connectivity index (χ1n) is 9.33. The van der Waals surface area contributed by atoms with Crippen LogP contribution in [0, 0.1) is 13.8 Å². The summed E-state index contributed by atoms with van der Waals surface area (Å²) in [5.41, 5.74) is 5.25. The Hall–Kier alpha value is -4.01. The van der Waals surface area contributed by atoms with Crippen LogP contribution in [-0.4, -0.2) is 56.0 Å². The maximum atomic E-state index is 12.5. The summed E-state index contributed by atoms with van der Waals surface area (Å²) in [5.74, 6) is -0.463. The number of aryl methyl sites for hydroxylation is 1. The van der Waals surface area contributed by atoms with E-state index in [1.54, 1.807) is 32.6 Å². The second-order valence-corrected chi connectivity index (χ2v) is 7.25. The minimum Gasteiger partial charge on any atom is -0.343 e. The second kappa shape index (κ2) is 7.43. The van der Waals surface area contributed by atoms with Gasteiger partial charge in [-0.3, -0.25) is 19.7 Å². The summed E-state index contributed by atoms with van der Waals surface area (Å²) in [5, 5.41) is 10.5. The van der Waals surface area contributed by atoms with Gasteiger partial charge in [-0.2, -0.15) is 5.10 Å². The van der Waals surface area contributed by atoms with E-state index in [9.17, 15) is 9.59 Å². The fourth-order valence-electron chi connectivity index (χ4n) is 3.08. The van der Waals surface area contributed by atoms with Gasteiger partial charge in [-0.05, 0) is 38.1 Å². The number of aromatic amines is 2. The highest BCUT2D eigenvalue weighted by Gasteiger charge is 2.16. The Bertz CT molecular complexity index is 1270. The molecule has 4 rings (SSSR count). The smallest absolute Gasteiger partial charge is 0.276 e. The van der Waals surface area contributed by atoms with Gasteiger partial charge in [0.2, 0.25) is 0 Å². The van der Waals surface area contributed by atoms with Crippen molar-refractivity contribution in [3.8, 4) is 11.3 Å². The lowest BCUT2D eigenvalue weighted by atomic mass is 10.1. The Kier molecular flexibility index (Phi) is 4.78. The van der Waals surface area contributed by atoms with Crippen LogP contribution in [0.1, 0.15) is 32.2 Å². The molecule has 9 heteroatoms. The van der Waals surface area contributed by atoms with Gasteiger partial charge < -0.3 is 15.2 Å². The molecular formula is C21H21N7O2. The molecule has 0 aliphatic carbocycles. The van der Waals surface area contributed by atoms with Crippen molar-refractivity contribution in [1.29, 1.82) is 0 Å². The number of H-pyrrole nitrogens is 2. The molecule has 0 saturated heterocycles. The fourth-order valence-corrected chi connectivity index (χ4v) is 3.08. The van der Waals surface area contributed by atoms with Crippen molar-refractivity contribution in [3.05, 3.63) is 59.3 Å². The number of carbonyl (C=O) groups is 2. The molecule has 4 heterocycles. The van der Waals surface area contributed by atoms with Crippen LogP contribution in [0.25, 0.3) is 22.3 Å². The number of rotatable bonds is 4. The summed E-state index contributed by atoms with van der Waals surface area (Å²) in [6.07, 6.45) is 3.19. The Morgan fingerprint density at radius 1 is 1.10 bits per heavy atom. The first kappa shape index (κ1) is 19.3. The van der Waals surface area contributed by atoms with Crippen LogP contribution in [0.4, 0.5) is 5.69 Å². The third kappa shape index (κ3) is 3.52. The van der Waals surface area contributed by atoms with Crippen LogP contribution in [0.15, 0.2) is 36.7 Å². The zero-order chi connectivity index (χ0) is 21.4. The van der Waals surface area contributed by atoms with E-state index in [-0.39, 0.29) is 11.8 Å². The molecule has 0 atom stereocenters. The first-order valence-corrected chi connectivity index (χ1v) is 9.33. The predicted octanol–water partition coefficient (Wildman–Crippen LogP) is 2.92. The number of pyridine rings is 2. The van der Waals surface area contributed by atoms with Crippen molar-refractivity contribution >= 4 is 28.5 Å². The van der Waals surface area contributed by atoms with Gasteiger partial charge in [0.05, 0.1) is 11.9 Å². The van der Waals surface area contributed by atoms with Gasteiger partial charge in [0.1, 0.15) is 11.3 Å². The highest BCUT2D eigenvalue weighted by Crippen LogP contribution is 2.25. The van der Waals surface area contributed by atoms with Gasteiger partial charge >= 0.3 is 0 Å². The third-order valence-electron chi connectivity index (χ3n) is 4.89. The highest BCUT2D eigenvalue weighted by atomic mass is 16.2. The molecule has 0 aromatic carbocycles. The number of aromatic nitrogens is 5. The molecule has 9 nitrogen and oxygen atoms in total. The maximum Gasteiger partial charge on any atom is 0.276 e. The van der Waals surface area contributed by atoms with Gasteiger partial charge in [0.15, 0.2) is 5.69 Å². The van der Waals surface area contributed by atoms with Crippen LogP contribution in [0.2, 0.25) is 0 Å². The van der Waals surface area contributed by atoms with Crippen molar-refractivity contribution in [1.82, 2.24) is 30.0 Å². The second-order valence-electron chi connectivity index (χ2n) is 7.25. The number of anilines is 1. The maximum absolute atomic E-state index is 12.5. The number of hydrogen-bond donors (Lipinski definition) is 3. The normalized spacial score (nSPS) is 10.9. The van der Waals surface area contributed by atoms with Crippen LogP contribution < -0.4 is 5.32 Å². The molecule has 0 spiro atoms. The third-order valence-corrected chi connectivity index (χ3v) is 4.89. The monoisotopic (exact) mass is 403 g/mol. The van der Waals surface area contributed by atoms with Crippen LogP contribution in [0.5, 0.6) is 0 Å². The summed E-state index contributed by atoms with van der Waals surface area (Å²) in [7, 11) is 3.37. The van der Waals surface area contributed by atoms with Crippen molar-refractivity contribution in [3.63, 3.8) is 0 Å². The fraction of sp³-hybridized carbons (Fsp3) is 0.190. The van der Waals surface area contributed by atoms with E-state index in [2.05, 4.69) is 30.5 Å². The average Bonchev–Trinajstić information content (AvgIpc) is 3.30. The van der Waals surface area contributed by atoms with E-state index >= 15 is 0 Å². The molecular weight excluding hydrogens is 382 g/mol. The standard InChI is InChI=1S/C21H21N7O2/c1-11-12(2)26-27-18(11)20(29)24-15-7-14-9-16(25-19(14)23-10-15)13-5-6-22-17(8-13)21(30)28(3)4/h5-10H,1-4H3,(H,23,25)(H,24,29)(H,26,27). The van der Waals surface area contributed by atoms with E-state index in [0.717, 1.165) is 27.9 Å². The Labute approximate surface area is 172 Å². The molecule has 0 saturated carbocycles. The number of nitrogens with one attached hydrogen (secondary N) is 3. The summed E-state index contributed by atoms with van der Waals surface area (Å²) >= 11 is 0. The molecule has 0 radical (unpaired) electrons. The summed E-state index contributed by atoms with van der Waals surface area (Å²) < 4.78 is 0. The predicted molar refractivity (Wildman–Crippen MR) is 113 cm³/mol. The number of hydrogen-bond acceptors (Lipinski definition) is 5.